The van der Waals surface area contributed by atoms with Crippen LogP contribution >= 0.6 is 11.6 Å². The van der Waals surface area contributed by atoms with Gasteiger partial charge in [0.15, 0.2) is 0 Å². The SMILES string of the molecule is COC1CCCC1Nc1cnn(C(C)C)c(=O)c1Cl. The van der Waals surface area contributed by atoms with Crippen LogP contribution in [0.1, 0.15) is 39.2 Å². The molecule has 1 heterocycles. The average molecular weight is 286 g/mol. The number of anilines is 1. The van der Waals surface area contributed by atoms with E-state index in [1.807, 2.05) is 13.8 Å². The lowest BCUT2D eigenvalue weighted by molar-refractivity contribution is 0.101. The molecule has 1 aromatic heterocycles. The number of nitrogens with zero attached hydrogens (tertiary/aromatic N) is 2. The summed E-state index contributed by atoms with van der Waals surface area (Å²) in [6.45, 7) is 3.80. The molecule has 1 fully saturated rings. The molecule has 1 aromatic rings. The number of hydrogen-bond donors (Lipinski definition) is 1. The fraction of sp³-hybridized carbons (Fsp3) is 0.692. The predicted molar refractivity (Wildman–Crippen MR) is 76.0 cm³/mol. The van der Waals surface area contributed by atoms with Crippen LogP contribution in [0.5, 0.6) is 0 Å². The number of methoxy groups -OCH3 is 1. The summed E-state index contributed by atoms with van der Waals surface area (Å²) < 4.78 is 6.80. The van der Waals surface area contributed by atoms with Gasteiger partial charge in [0.2, 0.25) is 0 Å². The lowest BCUT2D eigenvalue weighted by atomic mass is 10.2. The third kappa shape index (κ3) is 2.92. The molecule has 0 aromatic carbocycles. The molecule has 0 spiro atoms. The van der Waals surface area contributed by atoms with E-state index in [1.54, 1.807) is 13.3 Å². The van der Waals surface area contributed by atoms with Gasteiger partial charge in [0.25, 0.3) is 5.56 Å². The van der Waals surface area contributed by atoms with Crippen LogP contribution in [0.15, 0.2) is 11.0 Å². The molecule has 1 aliphatic carbocycles. The van der Waals surface area contributed by atoms with Crippen molar-refractivity contribution < 1.29 is 4.74 Å². The van der Waals surface area contributed by atoms with Gasteiger partial charge >= 0.3 is 0 Å². The fourth-order valence-electron chi connectivity index (χ4n) is 2.49. The quantitative estimate of drug-likeness (QED) is 0.923. The summed E-state index contributed by atoms with van der Waals surface area (Å²) in [7, 11) is 1.71. The maximum Gasteiger partial charge on any atom is 0.287 e. The molecule has 1 N–H and O–H groups in total. The molecule has 5 nitrogen and oxygen atoms in total. The zero-order valence-electron chi connectivity index (χ0n) is 11.5. The summed E-state index contributed by atoms with van der Waals surface area (Å²) in [5.74, 6) is 0. The Labute approximate surface area is 117 Å². The van der Waals surface area contributed by atoms with E-state index in [0.29, 0.717) is 5.69 Å². The maximum atomic E-state index is 12.1. The van der Waals surface area contributed by atoms with Gasteiger partial charge in [-0.15, -0.1) is 0 Å². The molecule has 0 aliphatic heterocycles. The summed E-state index contributed by atoms with van der Waals surface area (Å²) in [4.78, 5) is 12.1. The fourth-order valence-corrected chi connectivity index (χ4v) is 2.68. The number of halogens is 1. The summed E-state index contributed by atoms with van der Waals surface area (Å²) >= 11 is 6.14. The van der Waals surface area contributed by atoms with Gasteiger partial charge in [-0.05, 0) is 33.1 Å². The van der Waals surface area contributed by atoms with E-state index in [4.69, 9.17) is 16.3 Å². The first-order valence-corrected chi connectivity index (χ1v) is 6.99. The van der Waals surface area contributed by atoms with E-state index in [2.05, 4.69) is 10.4 Å². The molecule has 1 saturated carbocycles. The Kier molecular flexibility index (Phi) is 4.47. The maximum absolute atomic E-state index is 12.1. The lowest BCUT2D eigenvalue weighted by Gasteiger charge is -2.21. The van der Waals surface area contributed by atoms with Crippen LogP contribution in [0.4, 0.5) is 5.69 Å². The van der Waals surface area contributed by atoms with Gasteiger partial charge in [-0.3, -0.25) is 4.79 Å². The Morgan fingerprint density at radius 2 is 2.26 bits per heavy atom. The minimum Gasteiger partial charge on any atom is -0.379 e. The first kappa shape index (κ1) is 14.3. The Morgan fingerprint density at radius 1 is 1.53 bits per heavy atom. The topological polar surface area (TPSA) is 56.1 Å². The summed E-state index contributed by atoms with van der Waals surface area (Å²) in [6, 6.07) is 0.191. The van der Waals surface area contributed by atoms with Crippen LogP contribution in [0, 0.1) is 0 Å². The smallest absolute Gasteiger partial charge is 0.287 e. The zero-order chi connectivity index (χ0) is 14.0. The van der Waals surface area contributed by atoms with E-state index < -0.39 is 0 Å². The second kappa shape index (κ2) is 5.92. The van der Waals surface area contributed by atoms with Gasteiger partial charge in [-0.25, -0.2) is 4.68 Å². The van der Waals surface area contributed by atoms with Gasteiger partial charge < -0.3 is 10.1 Å². The highest BCUT2D eigenvalue weighted by molar-refractivity contribution is 6.32. The third-order valence-electron chi connectivity index (χ3n) is 3.53. The molecular formula is C13H20ClN3O2. The molecule has 2 rings (SSSR count). The van der Waals surface area contributed by atoms with Crippen LogP contribution < -0.4 is 10.9 Å². The highest BCUT2D eigenvalue weighted by Crippen LogP contribution is 2.27. The van der Waals surface area contributed by atoms with Crippen molar-refractivity contribution in [3.05, 3.63) is 21.6 Å². The molecule has 0 saturated heterocycles. The number of aromatic nitrogens is 2. The van der Waals surface area contributed by atoms with Crippen LogP contribution in [0.25, 0.3) is 0 Å². The van der Waals surface area contributed by atoms with Crippen LogP contribution in [-0.2, 0) is 4.74 Å². The monoisotopic (exact) mass is 285 g/mol. The summed E-state index contributed by atoms with van der Waals surface area (Å²) in [5, 5.41) is 7.63. The van der Waals surface area contributed by atoms with Crippen molar-refractivity contribution >= 4 is 17.3 Å². The van der Waals surface area contributed by atoms with Crippen LogP contribution in [0.2, 0.25) is 5.02 Å². The number of nitrogens with one attached hydrogen (secondary N) is 1. The van der Waals surface area contributed by atoms with Crippen molar-refractivity contribution in [3.63, 3.8) is 0 Å². The standard InChI is InChI=1S/C13H20ClN3O2/c1-8(2)17-13(18)12(14)10(7-15-17)16-9-5-4-6-11(9)19-3/h7-9,11,16H,4-6H2,1-3H3. The summed E-state index contributed by atoms with van der Waals surface area (Å²) in [6.07, 6.45) is 4.95. The Balaban J connectivity index is 2.22. The van der Waals surface area contributed by atoms with Crippen molar-refractivity contribution in [3.8, 4) is 0 Å². The molecule has 0 amide bonds. The molecule has 2 atom stereocenters. The normalized spacial score (nSPS) is 23.0. The predicted octanol–water partition coefficient (Wildman–Crippen LogP) is 2.46. The van der Waals surface area contributed by atoms with E-state index >= 15 is 0 Å². The lowest BCUT2D eigenvalue weighted by Crippen LogP contribution is -2.32. The van der Waals surface area contributed by atoms with Crippen molar-refractivity contribution in [1.29, 1.82) is 0 Å². The summed E-state index contributed by atoms with van der Waals surface area (Å²) in [5.41, 5.74) is 0.339. The number of hydrogen-bond acceptors (Lipinski definition) is 4. The van der Waals surface area contributed by atoms with Gasteiger partial charge in [0, 0.05) is 7.11 Å². The molecule has 2 unspecified atom stereocenters. The van der Waals surface area contributed by atoms with Crippen molar-refractivity contribution in [2.75, 3.05) is 12.4 Å². The van der Waals surface area contributed by atoms with Crippen LogP contribution in [0.3, 0.4) is 0 Å². The molecule has 1 aliphatic rings. The van der Waals surface area contributed by atoms with E-state index in [1.165, 1.54) is 4.68 Å². The van der Waals surface area contributed by atoms with E-state index in [0.717, 1.165) is 19.3 Å². The Bertz CT molecular complexity index is 501. The van der Waals surface area contributed by atoms with Gasteiger partial charge in [-0.1, -0.05) is 11.6 Å². The van der Waals surface area contributed by atoms with Crippen molar-refractivity contribution in [1.82, 2.24) is 9.78 Å². The van der Waals surface area contributed by atoms with Gasteiger partial charge in [0.1, 0.15) is 5.02 Å². The highest BCUT2D eigenvalue weighted by Gasteiger charge is 2.28. The minimum atomic E-state index is -0.256. The van der Waals surface area contributed by atoms with Crippen molar-refractivity contribution in [2.45, 2.75) is 51.3 Å². The second-order valence-electron chi connectivity index (χ2n) is 5.17. The first-order chi connectivity index (χ1) is 9.04. The Hall–Kier alpha value is -1.07. The molecular weight excluding hydrogens is 266 g/mol. The molecule has 0 radical (unpaired) electrons. The number of ether oxygens (including phenoxy) is 1. The van der Waals surface area contributed by atoms with E-state index in [9.17, 15) is 4.79 Å². The Morgan fingerprint density at radius 3 is 2.89 bits per heavy atom. The first-order valence-electron chi connectivity index (χ1n) is 6.61. The van der Waals surface area contributed by atoms with E-state index in [-0.39, 0.29) is 28.8 Å². The number of rotatable bonds is 4. The molecule has 0 bridgehead atoms. The molecule has 19 heavy (non-hydrogen) atoms. The van der Waals surface area contributed by atoms with Crippen molar-refractivity contribution in [2.24, 2.45) is 0 Å². The largest absolute Gasteiger partial charge is 0.379 e. The highest BCUT2D eigenvalue weighted by atomic mass is 35.5. The molecule has 106 valence electrons. The molecule has 6 heteroatoms. The second-order valence-corrected chi connectivity index (χ2v) is 5.55. The minimum absolute atomic E-state index is 0.00254. The zero-order valence-corrected chi connectivity index (χ0v) is 12.3. The third-order valence-corrected chi connectivity index (χ3v) is 3.89. The van der Waals surface area contributed by atoms with Gasteiger partial charge in [0.05, 0.1) is 30.1 Å². The van der Waals surface area contributed by atoms with Gasteiger partial charge in [-0.2, -0.15) is 5.10 Å². The van der Waals surface area contributed by atoms with Crippen LogP contribution in [-0.4, -0.2) is 29.0 Å². The average Bonchev–Trinajstić information content (AvgIpc) is 2.82.